The standard InChI is InChI=1S/C30H30N6O/c1-35-29(37)26(27(31)36-25-14-8-13-24(25)34-30(35)36)28(33-23-11-6-3-7-12-23)32-19-20-15-17-22(18-16-20)21-9-4-2-5-10-21/h2-7,9-12,15-18,24-25,31-33H,8,13-14,19H2,1H3. The Morgan fingerprint density at radius 1 is 0.946 bits per heavy atom. The van der Waals surface area contributed by atoms with Gasteiger partial charge < -0.3 is 10.6 Å². The van der Waals surface area contributed by atoms with Crippen molar-refractivity contribution in [2.45, 2.75) is 37.9 Å². The van der Waals surface area contributed by atoms with Gasteiger partial charge in [0.15, 0.2) is 0 Å². The van der Waals surface area contributed by atoms with Gasteiger partial charge in [0.05, 0.1) is 12.1 Å². The van der Waals surface area contributed by atoms with Crippen molar-refractivity contribution in [2.24, 2.45) is 12.0 Å². The topological polar surface area (TPSA) is 87.2 Å². The van der Waals surface area contributed by atoms with Crippen molar-refractivity contribution < 1.29 is 0 Å². The summed E-state index contributed by atoms with van der Waals surface area (Å²) < 4.78 is 3.55. The summed E-state index contributed by atoms with van der Waals surface area (Å²) in [5.74, 6) is 0.528. The zero-order valence-electron chi connectivity index (χ0n) is 20.8. The number of aromatic nitrogens is 2. The Morgan fingerprint density at radius 3 is 2.35 bits per heavy atom. The van der Waals surface area contributed by atoms with Crippen LogP contribution in [0.1, 0.15) is 30.9 Å². The van der Waals surface area contributed by atoms with Crippen LogP contribution < -0.4 is 32.5 Å². The van der Waals surface area contributed by atoms with Crippen LogP contribution in [0.25, 0.3) is 16.9 Å². The highest BCUT2D eigenvalue weighted by atomic mass is 16.1. The molecule has 2 heterocycles. The molecule has 0 radical (unpaired) electrons. The number of hydrogen-bond acceptors (Lipinski definition) is 5. The van der Waals surface area contributed by atoms with Crippen LogP contribution in [0.3, 0.4) is 0 Å². The first-order valence-corrected chi connectivity index (χ1v) is 12.8. The fourth-order valence-electron chi connectivity index (χ4n) is 5.45. The van der Waals surface area contributed by atoms with E-state index < -0.39 is 0 Å². The zero-order chi connectivity index (χ0) is 25.4. The zero-order valence-corrected chi connectivity index (χ0v) is 20.8. The number of nitrogens with zero attached hydrogens (tertiary/aromatic N) is 3. The van der Waals surface area contributed by atoms with Crippen molar-refractivity contribution in [3.05, 3.63) is 117 Å². The first kappa shape index (κ1) is 23.0. The smallest absolute Gasteiger partial charge is 0.267 e. The first-order valence-electron chi connectivity index (χ1n) is 12.8. The molecule has 2 unspecified atom stereocenters. The summed E-state index contributed by atoms with van der Waals surface area (Å²) in [6, 6.07) is 28.7. The number of anilines is 1. The average Bonchev–Trinajstić information content (AvgIpc) is 3.54. The first-order chi connectivity index (χ1) is 18.1. The van der Waals surface area contributed by atoms with Crippen LogP contribution in [-0.2, 0) is 13.6 Å². The number of fused-ring (bicyclic) bond motifs is 3. The molecule has 0 amide bonds. The molecule has 3 N–H and O–H groups in total. The number of para-hydroxylation sites is 1. The summed E-state index contributed by atoms with van der Waals surface area (Å²) in [5.41, 5.74) is 4.84. The van der Waals surface area contributed by atoms with Gasteiger partial charge in [-0.15, -0.1) is 0 Å². The lowest BCUT2D eigenvalue weighted by atomic mass is 10.0. The molecule has 0 saturated heterocycles. The largest absolute Gasteiger partial charge is 0.367 e. The van der Waals surface area contributed by atoms with E-state index in [1.54, 1.807) is 11.6 Å². The van der Waals surface area contributed by atoms with E-state index in [1.807, 2.05) is 53.1 Å². The second-order valence-corrected chi connectivity index (χ2v) is 9.74. The highest BCUT2D eigenvalue weighted by Gasteiger charge is 2.34. The van der Waals surface area contributed by atoms with E-state index in [0.717, 1.165) is 36.1 Å². The van der Waals surface area contributed by atoms with Crippen molar-refractivity contribution in [3.8, 4) is 11.1 Å². The third kappa shape index (κ3) is 4.27. The lowest BCUT2D eigenvalue weighted by Gasteiger charge is -2.17. The van der Waals surface area contributed by atoms with E-state index in [0.29, 0.717) is 23.2 Å². The molecule has 1 aliphatic heterocycles. The van der Waals surface area contributed by atoms with Crippen LogP contribution in [0, 0.1) is 5.41 Å². The molecule has 1 aromatic heterocycles. The Labute approximate surface area is 215 Å². The van der Waals surface area contributed by atoms with Gasteiger partial charge in [0.2, 0.25) is 5.62 Å². The lowest BCUT2D eigenvalue weighted by molar-refractivity contribution is 0.465. The summed E-state index contributed by atoms with van der Waals surface area (Å²) in [7, 11) is 1.75. The van der Waals surface area contributed by atoms with Crippen molar-refractivity contribution in [1.29, 1.82) is 5.41 Å². The Bertz CT molecular complexity index is 1670. The molecule has 186 valence electrons. The van der Waals surface area contributed by atoms with E-state index >= 15 is 0 Å². The maximum Gasteiger partial charge on any atom is 0.267 e. The summed E-state index contributed by atoms with van der Waals surface area (Å²) in [5, 5.41) is 16.3. The van der Waals surface area contributed by atoms with E-state index in [1.165, 1.54) is 5.56 Å². The van der Waals surface area contributed by atoms with Crippen molar-refractivity contribution in [1.82, 2.24) is 14.5 Å². The SMILES string of the molecule is Cn1c(=O)c(=C(NCc2ccc(-c3ccccc3)cc2)Nc2ccccc2)c(=N)n2c1=NC1CCCC12. The Morgan fingerprint density at radius 2 is 1.62 bits per heavy atom. The summed E-state index contributed by atoms with van der Waals surface area (Å²) in [6.45, 7) is 0.505. The fourth-order valence-corrected chi connectivity index (χ4v) is 5.45. The van der Waals surface area contributed by atoms with Gasteiger partial charge in [-0.25, -0.2) is 4.99 Å². The number of hydrogen-bond donors (Lipinski definition) is 3. The van der Waals surface area contributed by atoms with Gasteiger partial charge in [-0.2, -0.15) is 0 Å². The molecule has 2 aliphatic rings. The average molecular weight is 491 g/mol. The molecule has 4 aromatic rings. The molecule has 0 spiro atoms. The Kier molecular flexibility index (Phi) is 5.96. The number of nitrogens with one attached hydrogen (secondary N) is 3. The van der Waals surface area contributed by atoms with Crippen molar-refractivity contribution in [3.63, 3.8) is 0 Å². The molecule has 1 saturated carbocycles. The predicted octanol–water partition coefficient (Wildman–Crippen LogP) is 3.03. The molecule has 2 atom stereocenters. The maximum absolute atomic E-state index is 13.6. The third-order valence-corrected chi connectivity index (χ3v) is 7.39. The molecule has 1 fully saturated rings. The molecular formula is C30H30N6O. The molecule has 0 bridgehead atoms. The van der Waals surface area contributed by atoms with Gasteiger partial charge in [-0.05, 0) is 48.1 Å². The normalized spacial score (nSPS) is 18.5. The second kappa shape index (κ2) is 9.58. The van der Waals surface area contributed by atoms with E-state index in [2.05, 4.69) is 47.0 Å². The Hall–Kier alpha value is -4.39. The molecule has 37 heavy (non-hydrogen) atoms. The van der Waals surface area contributed by atoms with E-state index in [9.17, 15) is 4.79 Å². The Balaban J connectivity index is 1.41. The maximum atomic E-state index is 13.6. The monoisotopic (exact) mass is 490 g/mol. The highest BCUT2D eigenvalue weighted by molar-refractivity contribution is 5.64. The molecule has 6 rings (SSSR count). The van der Waals surface area contributed by atoms with Crippen LogP contribution in [0.15, 0.2) is 94.7 Å². The van der Waals surface area contributed by atoms with Gasteiger partial charge in [0.1, 0.15) is 16.5 Å². The molecule has 1 aliphatic carbocycles. The predicted molar refractivity (Wildman–Crippen MR) is 145 cm³/mol. The van der Waals surface area contributed by atoms with Crippen molar-refractivity contribution in [2.75, 3.05) is 5.32 Å². The van der Waals surface area contributed by atoms with Crippen LogP contribution in [0.5, 0.6) is 0 Å². The highest BCUT2D eigenvalue weighted by Crippen LogP contribution is 2.32. The summed E-state index contributed by atoms with van der Waals surface area (Å²) in [4.78, 5) is 18.4. The van der Waals surface area contributed by atoms with Crippen LogP contribution in [-0.4, -0.2) is 15.2 Å². The van der Waals surface area contributed by atoms with Gasteiger partial charge in [-0.3, -0.25) is 19.3 Å². The minimum Gasteiger partial charge on any atom is -0.367 e. The van der Waals surface area contributed by atoms with Crippen LogP contribution in [0.2, 0.25) is 0 Å². The van der Waals surface area contributed by atoms with Crippen LogP contribution >= 0.6 is 0 Å². The summed E-state index contributed by atoms with van der Waals surface area (Å²) >= 11 is 0. The van der Waals surface area contributed by atoms with E-state index in [-0.39, 0.29) is 23.1 Å². The van der Waals surface area contributed by atoms with Gasteiger partial charge >= 0.3 is 0 Å². The van der Waals surface area contributed by atoms with Crippen LogP contribution in [0.4, 0.5) is 5.69 Å². The van der Waals surface area contributed by atoms with Crippen molar-refractivity contribution >= 4 is 11.5 Å². The summed E-state index contributed by atoms with van der Waals surface area (Å²) in [6.07, 6.45) is 3.09. The van der Waals surface area contributed by atoms with Gasteiger partial charge in [-0.1, -0.05) is 72.8 Å². The minimum absolute atomic E-state index is 0.150. The molecule has 7 nitrogen and oxygen atoms in total. The number of rotatable bonds is 6. The minimum atomic E-state index is -0.231. The third-order valence-electron chi connectivity index (χ3n) is 7.39. The lowest BCUT2D eigenvalue weighted by Crippen LogP contribution is -2.59. The fraction of sp³-hybridized carbons (Fsp3) is 0.233. The number of benzene rings is 3. The second-order valence-electron chi connectivity index (χ2n) is 9.74. The molecule has 7 heteroatoms. The van der Waals surface area contributed by atoms with Gasteiger partial charge in [0, 0.05) is 19.3 Å². The van der Waals surface area contributed by atoms with Gasteiger partial charge in [0.25, 0.3) is 5.56 Å². The van der Waals surface area contributed by atoms with E-state index in [4.69, 9.17) is 10.4 Å². The molecular weight excluding hydrogens is 460 g/mol. The quantitative estimate of drug-likeness (QED) is 0.388. The molecule has 3 aromatic carbocycles.